The quantitative estimate of drug-likeness (QED) is 0.656. The predicted molar refractivity (Wildman–Crippen MR) is 65.3 cm³/mol. The molecule has 1 rings (SSSR count). The van der Waals surface area contributed by atoms with Crippen LogP contribution < -0.4 is 5.32 Å². The fourth-order valence-corrected chi connectivity index (χ4v) is 1.47. The summed E-state index contributed by atoms with van der Waals surface area (Å²) in [5, 5.41) is 3.23. The second-order valence-corrected chi connectivity index (χ2v) is 3.91. The van der Waals surface area contributed by atoms with Gasteiger partial charge in [0.15, 0.2) is 0 Å². The molecule has 1 aromatic rings. The van der Waals surface area contributed by atoms with Gasteiger partial charge in [0, 0.05) is 6.61 Å². The summed E-state index contributed by atoms with van der Waals surface area (Å²) in [5.41, 5.74) is 0. The fraction of sp³-hybridized carbons (Fsp3) is 0.692. The average molecular weight is 225 g/mol. The van der Waals surface area contributed by atoms with Crippen LogP contribution in [0.5, 0.6) is 0 Å². The molecule has 3 nitrogen and oxygen atoms in total. The van der Waals surface area contributed by atoms with E-state index in [2.05, 4.69) is 19.2 Å². The molecular weight excluding hydrogens is 202 g/mol. The van der Waals surface area contributed by atoms with E-state index in [0.717, 1.165) is 37.6 Å². The smallest absolute Gasteiger partial charge is 0.129 e. The number of unbranched alkanes of at least 4 members (excludes halogenated alkanes) is 2. The largest absolute Gasteiger partial charge is 0.462 e. The van der Waals surface area contributed by atoms with Crippen LogP contribution >= 0.6 is 0 Å². The zero-order valence-electron chi connectivity index (χ0n) is 10.4. The van der Waals surface area contributed by atoms with Gasteiger partial charge in [-0.1, -0.05) is 26.7 Å². The molecule has 0 aliphatic carbocycles. The number of ether oxygens (including phenoxy) is 1. The van der Waals surface area contributed by atoms with E-state index in [1.807, 2.05) is 12.1 Å². The SMILES string of the molecule is CCCCCOCc1ccc(CNCC)o1. The molecule has 0 saturated carbocycles. The van der Waals surface area contributed by atoms with Crippen LogP contribution in [0.25, 0.3) is 0 Å². The summed E-state index contributed by atoms with van der Waals surface area (Å²) in [6.07, 6.45) is 3.61. The van der Waals surface area contributed by atoms with Crippen LogP contribution in [0.2, 0.25) is 0 Å². The lowest BCUT2D eigenvalue weighted by molar-refractivity contribution is 0.102. The lowest BCUT2D eigenvalue weighted by atomic mass is 10.3. The highest BCUT2D eigenvalue weighted by molar-refractivity contribution is 5.06. The number of nitrogens with one attached hydrogen (secondary N) is 1. The molecule has 1 heterocycles. The maximum absolute atomic E-state index is 5.60. The summed E-state index contributed by atoms with van der Waals surface area (Å²) in [6, 6.07) is 4.00. The van der Waals surface area contributed by atoms with Crippen molar-refractivity contribution in [3.63, 3.8) is 0 Å². The van der Waals surface area contributed by atoms with Gasteiger partial charge in [-0.2, -0.15) is 0 Å². The molecule has 0 amide bonds. The molecule has 3 heteroatoms. The Labute approximate surface area is 98.2 Å². The van der Waals surface area contributed by atoms with Gasteiger partial charge in [0.05, 0.1) is 6.54 Å². The van der Waals surface area contributed by atoms with Crippen molar-refractivity contribution in [3.8, 4) is 0 Å². The summed E-state index contributed by atoms with van der Waals surface area (Å²) < 4.78 is 11.1. The Balaban J connectivity index is 2.14. The van der Waals surface area contributed by atoms with Gasteiger partial charge in [-0.15, -0.1) is 0 Å². The van der Waals surface area contributed by atoms with Crippen molar-refractivity contribution in [1.82, 2.24) is 5.32 Å². The van der Waals surface area contributed by atoms with Crippen molar-refractivity contribution in [2.24, 2.45) is 0 Å². The van der Waals surface area contributed by atoms with E-state index in [1.165, 1.54) is 12.8 Å². The Bertz CT molecular complexity index is 271. The maximum atomic E-state index is 5.60. The number of hydrogen-bond acceptors (Lipinski definition) is 3. The second-order valence-electron chi connectivity index (χ2n) is 3.91. The van der Waals surface area contributed by atoms with Crippen molar-refractivity contribution >= 4 is 0 Å². The molecule has 0 aliphatic rings. The summed E-state index contributed by atoms with van der Waals surface area (Å²) in [7, 11) is 0. The molecule has 92 valence electrons. The van der Waals surface area contributed by atoms with Gasteiger partial charge in [0.1, 0.15) is 18.1 Å². The van der Waals surface area contributed by atoms with Crippen molar-refractivity contribution < 1.29 is 9.15 Å². The third-order valence-corrected chi connectivity index (χ3v) is 2.40. The molecule has 1 N–H and O–H groups in total. The second kappa shape index (κ2) is 8.36. The zero-order valence-corrected chi connectivity index (χ0v) is 10.4. The van der Waals surface area contributed by atoms with Gasteiger partial charge >= 0.3 is 0 Å². The molecule has 16 heavy (non-hydrogen) atoms. The number of furan rings is 1. The highest BCUT2D eigenvalue weighted by Gasteiger charge is 2.01. The Morgan fingerprint density at radius 2 is 2.00 bits per heavy atom. The van der Waals surface area contributed by atoms with Crippen molar-refractivity contribution in [2.75, 3.05) is 13.2 Å². The van der Waals surface area contributed by atoms with E-state index in [4.69, 9.17) is 9.15 Å². The highest BCUT2D eigenvalue weighted by atomic mass is 16.5. The van der Waals surface area contributed by atoms with Crippen molar-refractivity contribution in [1.29, 1.82) is 0 Å². The fourth-order valence-electron chi connectivity index (χ4n) is 1.47. The summed E-state index contributed by atoms with van der Waals surface area (Å²) in [6.45, 7) is 7.46. The lowest BCUT2D eigenvalue weighted by Gasteiger charge is -2.01. The van der Waals surface area contributed by atoms with Crippen LogP contribution in [0.15, 0.2) is 16.5 Å². The minimum absolute atomic E-state index is 0.593. The van der Waals surface area contributed by atoms with Gasteiger partial charge in [0.2, 0.25) is 0 Å². The van der Waals surface area contributed by atoms with Gasteiger partial charge in [0.25, 0.3) is 0 Å². The molecule has 0 fully saturated rings. The summed E-state index contributed by atoms with van der Waals surface area (Å²) in [5.74, 6) is 1.90. The Hall–Kier alpha value is -0.800. The number of hydrogen-bond donors (Lipinski definition) is 1. The molecule has 0 atom stereocenters. The van der Waals surface area contributed by atoms with E-state index >= 15 is 0 Å². The Morgan fingerprint density at radius 1 is 1.19 bits per heavy atom. The first-order valence-corrected chi connectivity index (χ1v) is 6.22. The Kier molecular flexibility index (Phi) is 6.93. The molecule has 0 unspecified atom stereocenters. The molecule has 0 saturated heterocycles. The molecule has 0 bridgehead atoms. The minimum Gasteiger partial charge on any atom is -0.462 e. The van der Waals surface area contributed by atoms with Crippen LogP contribution in [0.3, 0.4) is 0 Å². The predicted octanol–water partition coefficient (Wildman–Crippen LogP) is 3.10. The lowest BCUT2D eigenvalue weighted by Crippen LogP contribution is -2.10. The first kappa shape index (κ1) is 13.3. The molecule has 0 radical (unpaired) electrons. The highest BCUT2D eigenvalue weighted by Crippen LogP contribution is 2.09. The van der Waals surface area contributed by atoms with Crippen LogP contribution in [-0.2, 0) is 17.9 Å². The van der Waals surface area contributed by atoms with Crippen molar-refractivity contribution in [2.45, 2.75) is 46.3 Å². The topological polar surface area (TPSA) is 34.4 Å². The standard InChI is InChI=1S/C13H23NO2/c1-3-5-6-9-15-11-13-8-7-12(16-13)10-14-4-2/h7-8,14H,3-6,9-11H2,1-2H3. The first-order chi connectivity index (χ1) is 7.86. The molecule has 0 aliphatic heterocycles. The maximum Gasteiger partial charge on any atom is 0.129 e. The van der Waals surface area contributed by atoms with E-state index in [1.54, 1.807) is 0 Å². The third kappa shape index (κ3) is 5.33. The van der Waals surface area contributed by atoms with Gasteiger partial charge in [-0.25, -0.2) is 0 Å². The molecule has 1 aromatic heterocycles. The van der Waals surface area contributed by atoms with Gasteiger partial charge < -0.3 is 14.5 Å². The van der Waals surface area contributed by atoms with Crippen LogP contribution in [0, 0.1) is 0 Å². The molecule has 0 spiro atoms. The average Bonchev–Trinajstić information content (AvgIpc) is 2.74. The number of rotatable bonds is 9. The third-order valence-electron chi connectivity index (χ3n) is 2.40. The first-order valence-electron chi connectivity index (χ1n) is 6.22. The molecule has 0 aromatic carbocycles. The van der Waals surface area contributed by atoms with Gasteiger partial charge in [-0.05, 0) is 25.1 Å². The van der Waals surface area contributed by atoms with Gasteiger partial charge in [-0.3, -0.25) is 0 Å². The van der Waals surface area contributed by atoms with E-state index in [9.17, 15) is 0 Å². The summed E-state index contributed by atoms with van der Waals surface area (Å²) in [4.78, 5) is 0. The monoisotopic (exact) mass is 225 g/mol. The summed E-state index contributed by atoms with van der Waals surface area (Å²) >= 11 is 0. The normalized spacial score (nSPS) is 10.9. The van der Waals surface area contributed by atoms with E-state index in [0.29, 0.717) is 6.61 Å². The van der Waals surface area contributed by atoms with Crippen LogP contribution in [0.1, 0.15) is 44.6 Å². The van der Waals surface area contributed by atoms with Crippen LogP contribution in [0.4, 0.5) is 0 Å². The van der Waals surface area contributed by atoms with Crippen molar-refractivity contribution in [3.05, 3.63) is 23.7 Å². The Morgan fingerprint density at radius 3 is 2.75 bits per heavy atom. The van der Waals surface area contributed by atoms with Crippen LogP contribution in [-0.4, -0.2) is 13.2 Å². The van der Waals surface area contributed by atoms with E-state index in [-0.39, 0.29) is 0 Å². The van der Waals surface area contributed by atoms with E-state index < -0.39 is 0 Å². The zero-order chi connectivity index (χ0) is 11.6. The molecular formula is C13H23NO2. The minimum atomic E-state index is 0.593.